The standard InChI is InChI=1S/C26H23FN4O2/c27-21-4-2-1-3-19(21)18-10-28-24(29-11-18)31-14-26(7-8-26)20-6-5-17(9-22(20)31)23(32)30-12-25(13-30)15-33-16-25/h1-6,9-11H,7-8,12-16H2. The molecule has 0 bridgehead atoms. The van der Waals surface area contributed by atoms with Gasteiger partial charge in [-0.1, -0.05) is 24.3 Å². The second-order valence-electron chi connectivity index (χ2n) is 10.0. The van der Waals surface area contributed by atoms with Crippen LogP contribution in [0.2, 0.25) is 0 Å². The highest BCUT2D eigenvalue weighted by Gasteiger charge is 2.53. The molecule has 0 N–H and O–H groups in total. The first kappa shape index (κ1) is 19.2. The lowest BCUT2D eigenvalue weighted by Crippen LogP contribution is -2.67. The Morgan fingerprint density at radius 2 is 1.76 bits per heavy atom. The van der Waals surface area contributed by atoms with Crippen LogP contribution in [0.1, 0.15) is 28.8 Å². The number of carbonyl (C=O) groups excluding carboxylic acids is 1. The third kappa shape index (κ3) is 2.85. The summed E-state index contributed by atoms with van der Waals surface area (Å²) in [6.07, 6.45) is 5.61. The monoisotopic (exact) mass is 442 g/mol. The molecule has 0 radical (unpaired) electrons. The molecule has 6 nitrogen and oxygen atoms in total. The largest absolute Gasteiger partial charge is 0.380 e. The molecule has 33 heavy (non-hydrogen) atoms. The number of hydrogen-bond acceptors (Lipinski definition) is 5. The van der Waals surface area contributed by atoms with Gasteiger partial charge in [0.05, 0.1) is 18.6 Å². The zero-order valence-corrected chi connectivity index (χ0v) is 18.1. The predicted octanol–water partition coefficient (Wildman–Crippen LogP) is 3.94. The second kappa shape index (κ2) is 6.60. The van der Waals surface area contributed by atoms with Gasteiger partial charge in [0.2, 0.25) is 5.95 Å². The summed E-state index contributed by atoms with van der Waals surface area (Å²) in [6, 6.07) is 12.7. The summed E-state index contributed by atoms with van der Waals surface area (Å²) < 4.78 is 19.5. The maximum Gasteiger partial charge on any atom is 0.253 e. The van der Waals surface area contributed by atoms with Gasteiger partial charge < -0.3 is 14.5 Å². The smallest absolute Gasteiger partial charge is 0.253 e. The molecular formula is C26H23FN4O2. The molecule has 7 heteroatoms. The minimum atomic E-state index is -0.290. The average Bonchev–Trinajstić information content (AvgIpc) is 3.49. The van der Waals surface area contributed by atoms with E-state index in [0.717, 1.165) is 51.4 Å². The van der Waals surface area contributed by atoms with Gasteiger partial charge in [0.25, 0.3) is 5.91 Å². The van der Waals surface area contributed by atoms with Crippen LogP contribution in [-0.2, 0) is 10.2 Å². The average molecular weight is 442 g/mol. The molecule has 1 aliphatic carbocycles. The molecule has 3 aromatic rings. The topological polar surface area (TPSA) is 58.6 Å². The van der Waals surface area contributed by atoms with Gasteiger partial charge in [-0.05, 0) is 36.6 Å². The van der Waals surface area contributed by atoms with Crippen LogP contribution >= 0.6 is 0 Å². The van der Waals surface area contributed by atoms with Gasteiger partial charge in [-0.25, -0.2) is 14.4 Å². The van der Waals surface area contributed by atoms with Crippen molar-refractivity contribution in [1.82, 2.24) is 14.9 Å². The highest BCUT2D eigenvalue weighted by Crippen LogP contribution is 2.58. The van der Waals surface area contributed by atoms with Crippen LogP contribution in [-0.4, -0.2) is 53.6 Å². The quantitative estimate of drug-likeness (QED) is 0.615. The van der Waals surface area contributed by atoms with Crippen molar-refractivity contribution in [3.05, 3.63) is 71.8 Å². The number of hydrogen-bond donors (Lipinski definition) is 0. The number of rotatable bonds is 3. The molecule has 0 atom stereocenters. The SMILES string of the molecule is O=C(c1ccc2c(c1)N(c1ncc(-c3ccccc3F)cn1)CC21CC1)N1CC2(COC2)C1. The summed E-state index contributed by atoms with van der Waals surface area (Å²) in [5.74, 6) is 0.365. The summed E-state index contributed by atoms with van der Waals surface area (Å²) in [7, 11) is 0. The molecule has 1 amide bonds. The Hall–Kier alpha value is -3.32. The van der Waals surface area contributed by atoms with Crippen LogP contribution in [0.25, 0.3) is 11.1 Å². The van der Waals surface area contributed by atoms with Gasteiger partial charge in [-0.3, -0.25) is 4.79 Å². The molecule has 3 aliphatic heterocycles. The molecule has 166 valence electrons. The maximum atomic E-state index is 14.2. The zero-order valence-electron chi connectivity index (χ0n) is 18.1. The van der Waals surface area contributed by atoms with Gasteiger partial charge in [0.1, 0.15) is 5.82 Å². The van der Waals surface area contributed by atoms with Crippen molar-refractivity contribution in [1.29, 1.82) is 0 Å². The van der Waals surface area contributed by atoms with Gasteiger partial charge in [-0.15, -0.1) is 0 Å². The molecular weight excluding hydrogens is 419 g/mol. The Labute approximate surface area is 191 Å². The third-order valence-corrected chi connectivity index (χ3v) is 7.64. The van der Waals surface area contributed by atoms with E-state index in [0.29, 0.717) is 22.6 Å². The van der Waals surface area contributed by atoms with E-state index < -0.39 is 0 Å². The van der Waals surface area contributed by atoms with E-state index >= 15 is 0 Å². The van der Waals surface area contributed by atoms with Crippen LogP contribution in [0.5, 0.6) is 0 Å². The van der Waals surface area contributed by atoms with E-state index in [-0.39, 0.29) is 22.6 Å². The first-order valence-electron chi connectivity index (χ1n) is 11.4. The Morgan fingerprint density at radius 3 is 2.42 bits per heavy atom. The normalized spacial score (nSPS) is 21.0. The van der Waals surface area contributed by atoms with Crippen molar-refractivity contribution in [2.24, 2.45) is 5.41 Å². The Kier molecular flexibility index (Phi) is 3.84. The van der Waals surface area contributed by atoms with Crippen LogP contribution in [0.3, 0.4) is 0 Å². The number of benzene rings is 2. The summed E-state index contributed by atoms with van der Waals surface area (Å²) in [4.78, 5) is 26.3. The van der Waals surface area contributed by atoms with Gasteiger partial charge in [-0.2, -0.15) is 0 Å². The van der Waals surface area contributed by atoms with E-state index in [9.17, 15) is 9.18 Å². The van der Waals surface area contributed by atoms with Crippen molar-refractivity contribution in [2.75, 3.05) is 37.7 Å². The highest BCUT2D eigenvalue weighted by atomic mass is 19.1. The molecule has 1 saturated carbocycles. The van der Waals surface area contributed by atoms with Crippen molar-refractivity contribution < 1.29 is 13.9 Å². The Morgan fingerprint density at radius 1 is 1.00 bits per heavy atom. The van der Waals surface area contributed by atoms with Crippen LogP contribution in [0, 0.1) is 11.2 Å². The van der Waals surface area contributed by atoms with Crippen LogP contribution in [0.4, 0.5) is 16.0 Å². The van der Waals surface area contributed by atoms with Crippen molar-refractivity contribution >= 4 is 17.5 Å². The fourth-order valence-electron chi connectivity index (χ4n) is 5.52. The van der Waals surface area contributed by atoms with E-state index in [2.05, 4.69) is 20.9 Å². The summed E-state index contributed by atoms with van der Waals surface area (Å²) in [5, 5.41) is 0. The van der Waals surface area contributed by atoms with Gasteiger partial charge in [0, 0.05) is 59.8 Å². The van der Waals surface area contributed by atoms with E-state index in [1.54, 1.807) is 30.6 Å². The Bertz CT molecular complexity index is 1280. The zero-order chi connectivity index (χ0) is 22.2. The highest BCUT2D eigenvalue weighted by molar-refractivity contribution is 5.96. The molecule has 2 saturated heterocycles. The third-order valence-electron chi connectivity index (χ3n) is 7.64. The minimum Gasteiger partial charge on any atom is -0.380 e. The van der Waals surface area contributed by atoms with Crippen LogP contribution in [0.15, 0.2) is 54.9 Å². The van der Waals surface area contributed by atoms with E-state index in [1.807, 2.05) is 17.0 Å². The second-order valence-corrected chi connectivity index (χ2v) is 10.0. The number of carbonyl (C=O) groups is 1. The van der Waals surface area contributed by atoms with Crippen LogP contribution < -0.4 is 4.90 Å². The summed E-state index contributed by atoms with van der Waals surface area (Å²) in [5.41, 5.74) is 4.45. The summed E-state index contributed by atoms with van der Waals surface area (Å²) >= 11 is 0. The number of amides is 1. The molecule has 7 rings (SSSR count). The lowest BCUT2D eigenvalue weighted by Gasteiger charge is -2.54. The maximum absolute atomic E-state index is 14.2. The number of ether oxygens (including phenoxy) is 1. The summed E-state index contributed by atoms with van der Waals surface area (Å²) in [6.45, 7) is 3.88. The molecule has 1 aromatic heterocycles. The number of nitrogens with zero attached hydrogens (tertiary/aromatic N) is 4. The Balaban J connectivity index is 1.19. The number of anilines is 2. The molecule has 2 aromatic carbocycles. The first-order valence-corrected chi connectivity index (χ1v) is 11.4. The van der Waals surface area contributed by atoms with E-state index in [4.69, 9.17) is 4.74 Å². The molecule has 4 aliphatic rings. The van der Waals surface area contributed by atoms with Crippen molar-refractivity contribution in [3.8, 4) is 11.1 Å². The van der Waals surface area contributed by atoms with Crippen molar-refractivity contribution in [2.45, 2.75) is 18.3 Å². The lowest BCUT2D eigenvalue weighted by molar-refractivity contribution is -0.176. The number of likely N-dealkylation sites (tertiary alicyclic amines) is 1. The number of halogens is 1. The minimum absolute atomic E-state index is 0.0721. The first-order chi connectivity index (χ1) is 16.1. The van der Waals surface area contributed by atoms with E-state index in [1.165, 1.54) is 11.6 Å². The van der Waals surface area contributed by atoms with Crippen molar-refractivity contribution in [3.63, 3.8) is 0 Å². The lowest BCUT2D eigenvalue weighted by atomic mass is 9.77. The molecule has 4 heterocycles. The predicted molar refractivity (Wildman–Crippen MR) is 121 cm³/mol. The fraction of sp³-hybridized carbons (Fsp3) is 0.346. The fourth-order valence-corrected chi connectivity index (χ4v) is 5.52. The van der Waals surface area contributed by atoms with Gasteiger partial charge >= 0.3 is 0 Å². The molecule has 3 fully saturated rings. The number of aromatic nitrogens is 2. The molecule has 2 spiro atoms. The molecule has 0 unspecified atom stereocenters. The van der Waals surface area contributed by atoms with Gasteiger partial charge in [0.15, 0.2) is 0 Å². The number of fused-ring (bicyclic) bond motifs is 2.